The number of hydrogen-bond acceptors (Lipinski definition) is 2. The lowest BCUT2D eigenvalue weighted by molar-refractivity contribution is 0.394. The average Bonchev–Trinajstić information content (AvgIpc) is 2.62. The quantitative estimate of drug-likeness (QED) is 0.375. The van der Waals surface area contributed by atoms with Crippen LogP contribution in [0.15, 0.2) is 0 Å². The van der Waals surface area contributed by atoms with Gasteiger partial charge in [0.2, 0.25) is 0 Å². The van der Waals surface area contributed by atoms with E-state index in [-0.39, 0.29) is 0 Å². The SMILES string of the molecule is C#CCCC(NN)C1CC1(C)C. The normalized spacial score (nSPS) is 27.7. The molecule has 1 saturated carbocycles. The summed E-state index contributed by atoms with van der Waals surface area (Å²) < 4.78 is 0. The van der Waals surface area contributed by atoms with Gasteiger partial charge < -0.3 is 0 Å². The highest BCUT2D eigenvalue weighted by Crippen LogP contribution is 2.54. The van der Waals surface area contributed by atoms with E-state index in [2.05, 4.69) is 25.2 Å². The fourth-order valence-electron chi connectivity index (χ4n) is 1.83. The summed E-state index contributed by atoms with van der Waals surface area (Å²) in [5, 5.41) is 0. The molecule has 1 rings (SSSR count). The Kier molecular flexibility index (Phi) is 2.76. The van der Waals surface area contributed by atoms with Crippen LogP contribution in [0.4, 0.5) is 0 Å². The largest absolute Gasteiger partial charge is 0.271 e. The standard InChI is InChI=1S/C10H18N2/c1-4-5-6-9(12-11)8-7-10(8,2)3/h1,8-9,12H,5-7,11H2,2-3H3. The van der Waals surface area contributed by atoms with Crippen molar-refractivity contribution in [2.45, 2.75) is 39.2 Å². The van der Waals surface area contributed by atoms with Crippen molar-refractivity contribution in [1.82, 2.24) is 5.43 Å². The highest BCUT2D eigenvalue weighted by Gasteiger charge is 2.49. The Bertz CT molecular complexity index is 191. The van der Waals surface area contributed by atoms with Crippen LogP contribution in [-0.2, 0) is 0 Å². The second-order valence-corrected chi connectivity index (χ2v) is 4.32. The Hall–Kier alpha value is -0.520. The summed E-state index contributed by atoms with van der Waals surface area (Å²) >= 11 is 0. The highest BCUT2D eigenvalue weighted by molar-refractivity contribution is 5.02. The van der Waals surface area contributed by atoms with Gasteiger partial charge in [0.15, 0.2) is 0 Å². The van der Waals surface area contributed by atoms with Gasteiger partial charge >= 0.3 is 0 Å². The van der Waals surface area contributed by atoms with Gasteiger partial charge in [0.05, 0.1) is 0 Å². The topological polar surface area (TPSA) is 38.0 Å². The second-order valence-electron chi connectivity index (χ2n) is 4.32. The van der Waals surface area contributed by atoms with Gasteiger partial charge in [-0.2, -0.15) is 0 Å². The summed E-state index contributed by atoms with van der Waals surface area (Å²) in [6, 6.07) is 0.413. The van der Waals surface area contributed by atoms with Crippen molar-refractivity contribution in [1.29, 1.82) is 0 Å². The molecule has 2 atom stereocenters. The monoisotopic (exact) mass is 166 g/mol. The van der Waals surface area contributed by atoms with Crippen LogP contribution in [0, 0.1) is 23.7 Å². The maximum atomic E-state index is 5.46. The lowest BCUT2D eigenvalue weighted by atomic mass is 10.0. The van der Waals surface area contributed by atoms with E-state index in [1.54, 1.807) is 0 Å². The molecule has 0 aliphatic heterocycles. The number of nitrogens with one attached hydrogen (secondary N) is 1. The molecule has 1 aliphatic rings. The predicted octanol–water partition coefficient (Wildman–Crippen LogP) is 1.28. The molecule has 12 heavy (non-hydrogen) atoms. The molecule has 68 valence electrons. The minimum atomic E-state index is 0.413. The van der Waals surface area contributed by atoms with Crippen LogP contribution in [0.3, 0.4) is 0 Å². The number of hydrazine groups is 1. The van der Waals surface area contributed by atoms with E-state index < -0.39 is 0 Å². The summed E-state index contributed by atoms with van der Waals surface area (Å²) in [7, 11) is 0. The van der Waals surface area contributed by atoms with Crippen molar-refractivity contribution >= 4 is 0 Å². The molecule has 0 spiro atoms. The summed E-state index contributed by atoms with van der Waals surface area (Å²) in [4.78, 5) is 0. The number of nitrogens with two attached hydrogens (primary N) is 1. The van der Waals surface area contributed by atoms with E-state index in [4.69, 9.17) is 12.3 Å². The molecule has 0 saturated heterocycles. The molecule has 2 unspecified atom stereocenters. The molecule has 1 fully saturated rings. The lowest BCUT2D eigenvalue weighted by Crippen LogP contribution is -2.37. The zero-order valence-corrected chi connectivity index (χ0v) is 7.93. The van der Waals surface area contributed by atoms with Crippen LogP contribution in [0.2, 0.25) is 0 Å². The summed E-state index contributed by atoms with van der Waals surface area (Å²) in [5.41, 5.74) is 3.34. The number of terminal acetylenes is 1. The Morgan fingerprint density at radius 2 is 2.33 bits per heavy atom. The summed E-state index contributed by atoms with van der Waals surface area (Å²) in [6.07, 6.45) is 8.29. The fraction of sp³-hybridized carbons (Fsp3) is 0.800. The van der Waals surface area contributed by atoms with Gasteiger partial charge in [0.1, 0.15) is 0 Å². The van der Waals surface area contributed by atoms with Crippen LogP contribution >= 0.6 is 0 Å². The Morgan fingerprint density at radius 3 is 2.67 bits per heavy atom. The van der Waals surface area contributed by atoms with Crippen molar-refractivity contribution in [3.8, 4) is 12.3 Å². The Balaban J connectivity index is 2.33. The number of rotatable bonds is 4. The van der Waals surface area contributed by atoms with Crippen LogP contribution < -0.4 is 11.3 Å². The molecule has 0 aromatic rings. The highest BCUT2D eigenvalue weighted by atomic mass is 15.2. The third-order valence-corrected chi connectivity index (χ3v) is 2.89. The molecule has 2 heteroatoms. The first-order chi connectivity index (χ1) is 5.61. The van der Waals surface area contributed by atoms with E-state index in [9.17, 15) is 0 Å². The minimum Gasteiger partial charge on any atom is -0.271 e. The van der Waals surface area contributed by atoms with Crippen molar-refractivity contribution in [3.05, 3.63) is 0 Å². The molecule has 3 N–H and O–H groups in total. The molecule has 0 heterocycles. The van der Waals surface area contributed by atoms with Crippen molar-refractivity contribution in [2.75, 3.05) is 0 Å². The molecule has 2 nitrogen and oxygen atoms in total. The molecular weight excluding hydrogens is 148 g/mol. The first-order valence-electron chi connectivity index (χ1n) is 4.51. The van der Waals surface area contributed by atoms with Gasteiger partial charge in [0, 0.05) is 12.5 Å². The van der Waals surface area contributed by atoms with Crippen molar-refractivity contribution in [2.24, 2.45) is 17.2 Å². The van der Waals surface area contributed by atoms with E-state index in [0.717, 1.165) is 18.8 Å². The molecule has 0 aromatic heterocycles. The van der Waals surface area contributed by atoms with Crippen molar-refractivity contribution < 1.29 is 0 Å². The minimum absolute atomic E-state index is 0.413. The van der Waals surface area contributed by atoms with Gasteiger partial charge in [-0.15, -0.1) is 12.3 Å². The van der Waals surface area contributed by atoms with Gasteiger partial charge in [-0.3, -0.25) is 11.3 Å². The first kappa shape index (κ1) is 9.57. The van der Waals surface area contributed by atoms with Gasteiger partial charge in [-0.05, 0) is 24.2 Å². The molecule has 1 aliphatic carbocycles. The van der Waals surface area contributed by atoms with Crippen LogP contribution in [0.25, 0.3) is 0 Å². The molecule has 0 bridgehead atoms. The average molecular weight is 166 g/mol. The zero-order chi connectivity index (χ0) is 9.19. The fourth-order valence-corrected chi connectivity index (χ4v) is 1.83. The Morgan fingerprint density at radius 1 is 1.75 bits per heavy atom. The summed E-state index contributed by atoms with van der Waals surface area (Å²) in [6.45, 7) is 4.55. The lowest BCUT2D eigenvalue weighted by Gasteiger charge is -2.15. The number of hydrogen-bond donors (Lipinski definition) is 2. The third-order valence-electron chi connectivity index (χ3n) is 2.89. The van der Waals surface area contributed by atoms with Gasteiger partial charge in [-0.25, -0.2) is 0 Å². The van der Waals surface area contributed by atoms with Gasteiger partial charge in [-0.1, -0.05) is 13.8 Å². The second kappa shape index (κ2) is 3.47. The summed E-state index contributed by atoms with van der Waals surface area (Å²) in [5.74, 6) is 8.82. The van der Waals surface area contributed by atoms with E-state index in [1.807, 2.05) is 0 Å². The third kappa shape index (κ3) is 2.00. The van der Waals surface area contributed by atoms with Crippen LogP contribution in [0.1, 0.15) is 33.1 Å². The van der Waals surface area contributed by atoms with Gasteiger partial charge in [0.25, 0.3) is 0 Å². The van der Waals surface area contributed by atoms with Crippen LogP contribution in [-0.4, -0.2) is 6.04 Å². The molecular formula is C10H18N2. The molecule has 0 radical (unpaired) electrons. The predicted molar refractivity (Wildman–Crippen MR) is 51.1 cm³/mol. The maximum absolute atomic E-state index is 5.46. The van der Waals surface area contributed by atoms with Crippen molar-refractivity contribution in [3.63, 3.8) is 0 Å². The maximum Gasteiger partial charge on any atom is 0.0253 e. The first-order valence-corrected chi connectivity index (χ1v) is 4.51. The molecule has 0 aromatic carbocycles. The molecule has 0 amide bonds. The van der Waals surface area contributed by atoms with Crippen LogP contribution in [0.5, 0.6) is 0 Å². The zero-order valence-electron chi connectivity index (χ0n) is 7.93. The van der Waals surface area contributed by atoms with E-state index in [0.29, 0.717) is 11.5 Å². The smallest absolute Gasteiger partial charge is 0.0253 e. The Labute approximate surface area is 74.9 Å². The van der Waals surface area contributed by atoms with E-state index in [1.165, 1.54) is 6.42 Å². The van der Waals surface area contributed by atoms with E-state index >= 15 is 0 Å².